The molecular formula is C60H37NO2. The lowest BCUT2D eigenvalue weighted by Gasteiger charge is -2.27. The van der Waals surface area contributed by atoms with Crippen molar-refractivity contribution in [3.8, 4) is 33.4 Å². The van der Waals surface area contributed by atoms with Crippen molar-refractivity contribution in [3.05, 3.63) is 224 Å². The van der Waals surface area contributed by atoms with Crippen molar-refractivity contribution in [2.45, 2.75) is 0 Å². The van der Waals surface area contributed by atoms with E-state index in [0.29, 0.717) is 0 Å². The molecule has 0 saturated carbocycles. The smallest absolute Gasteiger partial charge is 0.136 e. The minimum atomic E-state index is 0.873. The van der Waals surface area contributed by atoms with Crippen molar-refractivity contribution in [3.63, 3.8) is 0 Å². The van der Waals surface area contributed by atoms with E-state index in [1.165, 1.54) is 32.7 Å². The zero-order chi connectivity index (χ0) is 41.4. The number of fused-ring (bicyclic) bond motifs is 11. The van der Waals surface area contributed by atoms with Crippen LogP contribution in [0, 0.1) is 0 Å². The van der Waals surface area contributed by atoms with Crippen molar-refractivity contribution in [1.29, 1.82) is 0 Å². The number of hydrogen-bond donors (Lipinski definition) is 0. The lowest BCUT2D eigenvalue weighted by Crippen LogP contribution is -2.10. The molecule has 0 unspecified atom stereocenters. The van der Waals surface area contributed by atoms with Gasteiger partial charge in [0.15, 0.2) is 0 Å². The van der Waals surface area contributed by atoms with Crippen molar-refractivity contribution < 1.29 is 8.83 Å². The highest BCUT2D eigenvalue weighted by molar-refractivity contribution is 6.32. The molecule has 294 valence electrons. The van der Waals surface area contributed by atoms with E-state index in [0.717, 1.165) is 94.0 Å². The molecule has 2 heterocycles. The van der Waals surface area contributed by atoms with Gasteiger partial charge in [-0.15, -0.1) is 0 Å². The Labute approximate surface area is 363 Å². The van der Waals surface area contributed by atoms with Crippen molar-refractivity contribution in [1.82, 2.24) is 0 Å². The van der Waals surface area contributed by atoms with Crippen LogP contribution in [0.4, 0.5) is 17.1 Å². The number of furan rings is 2. The molecule has 11 aromatic carbocycles. The lowest BCUT2D eigenvalue weighted by molar-refractivity contribution is 0.669. The highest BCUT2D eigenvalue weighted by Gasteiger charge is 2.20. The molecule has 0 aliphatic heterocycles. The third kappa shape index (κ3) is 5.67. The second-order valence-corrected chi connectivity index (χ2v) is 16.4. The van der Waals surface area contributed by atoms with Gasteiger partial charge in [-0.05, 0) is 110 Å². The maximum atomic E-state index is 6.58. The molecule has 0 amide bonds. The van der Waals surface area contributed by atoms with Crippen LogP contribution in [-0.4, -0.2) is 0 Å². The second-order valence-electron chi connectivity index (χ2n) is 16.4. The summed E-state index contributed by atoms with van der Waals surface area (Å²) >= 11 is 0. The molecule has 0 fully saturated rings. The Hall–Kier alpha value is -8.40. The number of para-hydroxylation sites is 1. The normalized spacial score (nSPS) is 11.8. The van der Waals surface area contributed by atoms with E-state index in [-0.39, 0.29) is 0 Å². The van der Waals surface area contributed by atoms with Crippen LogP contribution in [0.1, 0.15) is 0 Å². The van der Waals surface area contributed by atoms with E-state index in [1.807, 2.05) is 12.1 Å². The quantitative estimate of drug-likeness (QED) is 0.168. The molecule has 0 aliphatic rings. The molecule has 3 heteroatoms. The van der Waals surface area contributed by atoms with Gasteiger partial charge >= 0.3 is 0 Å². The maximum Gasteiger partial charge on any atom is 0.136 e. The summed E-state index contributed by atoms with van der Waals surface area (Å²) in [6, 6.07) is 80.4. The average Bonchev–Trinajstić information content (AvgIpc) is 3.94. The first-order valence-electron chi connectivity index (χ1n) is 21.5. The summed E-state index contributed by atoms with van der Waals surface area (Å²) < 4.78 is 12.9. The number of rotatable bonds is 6. The monoisotopic (exact) mass is 803 g/mol. The molecule has 0 saturated heterocycles. The topological polar surface area (TPSA) is 29.5 Å². The van der Waals surface area contributed by atoms with Crippen LogP contribution in [0.2, 0.25) is 0 Å². The van der Waals surface area contributed by atoms with Crippen LogP contribution in [0.15, 0.2) is 233 Å². The molecule has 0 bridgehead atoms. The summed E-state index contributed by atoms with van der Waals surface area (Å²) in [6.45, 7) is 0. The fourth-order valence-electron chi connectivity index (χ4n) is 9.92. The standard InChI is InChI=1S/C60H37NO2/c1-3-14-47-40(10-1)12-7-17-48(47)42-28-34-46(35-29-42)61(52-19-8-13-41-11-2-4-15-49(41)52)45-32-26-39(27-33-45)38-22-24-43(25-23-38)50-18-9-21-54-58(50)60-56(63-54)37-31-44-30-36-55-59(57(44)60)51-16-5-6-20-53(51)62-55/h1-37H. The first-order valence-corrected chi connectivity index (χ1v) is 21.5. The molecule has 0 spiro atoms. The molecule has 63 heavy (non-hydrogen) atoms. The van der Waals surface area contributed by atoms with Crippen LogP contribution in [0.25, 0.3) is 110 Å². The van der Waals surface area contributed by atoms with E-state index in [4.69, 9.17) is 8.83 Å². The molecule has 13 aromatic rings. The minimum absolute atomic E-state index is 0.873. The Morgan fingerprint density at radius 2 is 0.730 bits per heavy atom. The van der Waals surface area contributed by atoms with Crippen LogP contribution in [0.5, 0.6) is 0 Å². The largest absolute Gasteiger partial charge is 0.456 e. The van der Waals surface area contributed by atoms with Crippen LogP contribution >= 0.6 is 0 Å². The molecule has 0 aliphatic carbocycles. The Balaban J connectivity index is 0.885. The Morgan fingerprint density at radius 3 is 1.48 bits per heavy atom. The molecular weight excluding hydrogens is 767 g/mol. The second kappa shape index (κ2) is 14.1. The van der Waals surface area contributed by atoms with Crippen LogP contribution in [0.3, 0.4) is 0 Å². The summed E-state index contributed by atoms with van der Waals surface area (Å²) in [5.74, 6) is 0. The van der Waals surface area contributed by atoms with Gasteiger partial charge in [0.1, 0.15) is 22.3 Å². The van der Waals surface area contributed by atoms with E-state index < -0.39 is 0 Å². The van der Waals surface area contributed by atoms with E-state index >= 15 is 0 Å². The zero-order valence-corrected chi connectivity index (χ0v) is 34.1. The van der Waals surface area contributed by atoms with Gasteiger partial charge in [-0.2, -0.15) is 0 Å². The maximum absolute atomic E-state index is 6.58. The van der Waals surface area contributed by atoms with Gasteiger partial charge in [0.2, 0.25) is 0 Å². The number of anilines is 3. The number of hydrogen-bond acceptors (Lipinski definition) is 3. The highest BCUT2D eigenvalue weighted by Crippen LogP contribution is 2.45. The lowest BCUT2D eigenvalue weighted by atomic mass is 9.94. The summed E-state index contributed by atoms with van der Waals surface area (Å²) in [5, 5.41) is 11.7. The van der Waals surface area contributed by atoms with Gasteiger partial charge in [-0.25, -0.2) is 0 Å². The van der Waals surface area contributed by atoms with Gasteiger partial charge < -0.3 is 13.7 Å². The van der Waals surface area contributed by atoms with Crippen molar-refractivity contribution in [2.75, 3.05) is 4.90 Å². The predicted molar refractivity (Wildman–Crippen MR) is 265 cm³/mol. The minimum Gasteiger partial charge on any atom is -0.456 e. The highest BCUT2D eigenvalue weighted by atomic mass is 16.3. The SMILES string of the molecule is c1ccc2c(-c3ccc(N(c4ccc(-c5ccc(-c6cccc7oc8ccc9ccc%10oc%11ccccc%11c%10c9c8c67)cc5)cc4)c4cccc5ccccc45)cc3)cccc2c1. The molecule has 3 nitrogen and oxygen atoms in total. The van der Waals surface area contributed by atoms with Crippen LogP contribution in [-0.2, 0) is 0 Å². The van der Waals surface area contributed by atoms with E-state index in [1.54, 1.807) is 0 Å². The number of nitrogens with zero attached hydrogens (tertiary/aromatic N) is 1. The average molecular weight is 804 g/mol. The Kier molecular flexibility index (Phi) is 7.91. The first kappa shape index (κ1) is 35.4. The first-order chi connectivity index (χ1) is 31.2. The summed E-state index contributed by atoms with van der Waals surface area (Å²) in [7, 11) is 0. The Morgan fingerprint density at radius 1 is 0.254 bits per heavy atom. The molecule has 0 atom stereocenters. The van der Waals surface area contributed by atoms with E-state index in [2.05, 4.69) is 217 Å². The third-order valence-electron chi connectivity index (χ3n) is 12.9. The predicted octanol–water partition coefficient (Wildman–Crippen LogP) is 17.4. The fraction of sp³-hybridized carbons (Fsp3) is 0. The number of benzene rings is 11. The van der Waals surface area contributed by atoms with Crippen molar-refractivity contribution >= 4 is 93.3 Å². The van der Waals surface area contributed by atoms with Gasteiger partial charge in [-0.3, -0.25) is 0 Å². The summed E-state index contributed by atoms with van der Waals surface area (Å²) in [4.78, 5) is 2.38. The van der Waals surface area contributed by atoms with Gasteiger partial charge in [0.05, 0.1) is 5.69 Å². The fourth-order valence-corrected chi connectivity index (χ4v) is 9.92. The molecule has 0 radical (unpaired) electrons. The molecule has 2 aromatic heterocycles. The zero-order valence-electron chi connectivity index (χ0n) is 34.1. The summed E-state index contributed by atoms with van der Waals surface area (Å²) in [5.41, 5.74) is 13.9. The third-order valence-corrected chi connectivity index (χ3v) is 12.9. The molecule has 13 rings (SSSR count). The van der Waals surface area contributed by atoms with Crippen molar-refractivity contribution in [2.24, 2.45) is 0 Å². The Bertz CT molecular complexity index is 3880. The van der Waals surface area contributed by atoms with E-state index in [9.17, 15) is 0 Å². The van der Waals surface area contributed by atoms with Gasteiger partial charge in [-0.1, -0.05) is 170 Å². The van der Waals surface area contributed by atoms with Gasteiger partial charge in [0.25, 0.3) is 0 Å². The van der Waals surface area contributed by atoms with Gasteiger partial charge in [0, 0.05) is 43.7 Å². The molecule has 0 N–H and O–H groups in total. The van der Waals surface area contributed by atoms with Crippen LogP contribution < -0.4 is 4.90 Å². The summed E-state index contributed by atoms with van der Waals surface area (Å²) in [6.07, 6.45) is 0.